The maximum atomic E-state index is 4.43. The van der Waals surface area contributed by atoms with Crippen molar-refractivity contribution in [3.05, 3.63) is 53.5 Å². The highest BCUT2D eigenvalue weighted by Crippen LogP contribution is 2.51. The van der Waals surface area contributed by atoms with E-state index in [1.54, 1.807) is 18.1 Å². The zero-order valence-corrected chi connectivity index (χ0v) is 12.4. The van der Waals surface area contributed by atoms with Crippen LogP contribution in [0.1, 0.15) is 36.5 Å². The van der Waals surface area contributed by atoms with E-state index in [0.717, 1.165) is 11.4 Å². The zero-order valence-electron chi connectivity index (χ0n) is 11.6. The van der Waals surface area contributed by atoms with E-state index < -0.39 is 0 Å². The fourth-order valence-corrected chi connectivity index (χ4v) is 3.84. The highest BCUT2D eigenvalue weighted by molar-refractivity contribution is 7.98. The molecular weight excluding hydrogens is 252 g/mol. The number of fused-ring (bicyclic) bond motifs is 1. The molecular formula is C16H18N2S. The van der Waals surface area contributed by atoms with E-state index in [4.69, 9.17) is 0 Å². The van der Waals surface area contributed by atoms with Crippen LogP contribution in [-0.2, 0) is 6.42 Å². The molecule has 0 fully saturated rings. The van der Waals surface area contributed by atoms with Gasteiger partial charge < -0.3 is 0 Å². The van der Waals surface area contributed by atoms with Gasteiger partial charge in [0.15, 0.2) is 0 Å². The summed E-state index contributed by atoms with van der Waals surface area (Å²) in [5.41, 5.74) is 4.40. The fourth-order valence-electron chi connectivity index (χ4n) is 3.28. The van der Waals surface area contributed by atoms with Gasteiger partial charge in [-0.25, -0.2) is 9.97 Å². The Kier molecular flexibility index (Phi) is 3.09. The summed E-state index contributed by atoms with van der Waals surface area (Å²) in [7, 11) is 0. The van der Waals surface area contributed by atoms with Gasteiger partial charge in [-0.15, -0.1) is 11.8 Å². The topological polar surface area (TPSA) is 25.8 Å². The molecule has 1 aliphatic carbocycles. The second-order valence-corrected chi connectivity index (χ2v) is 6.58. The molecule has 0 N–H and O–H groups in total. The summed E-state index contributed by atoms with van der Waals surface area (Å²) in [6.07, 6.45) is 6.84. The molecule has 0 saturated carbocycles. The summed E-state index contributed by atoms with van der Waals surface area (Å²) in [5.74, 6) is 0.396. The van der Waals surface area contributed by atoms with Gasteiger partial charge >= 0.3 is 0 Å². The van der Waals surface area contributed by atoms with Gasteiger partial charge in [-0.2, -0.15) is 0 Å². The van der Waals surface area contributed by atoms with Crippen LogP contribution in [0, 0.1) is 5.41 Å². The molecule has 1 aromatic carbocycles. The molecule has 1 unspecified atom stereocenters. The zero-order chi connectivity index (χ0) is 13.5. The van der Waals surface area contributed by atoms with Gasteiger partial charge in [0.1, 0.15) is 11.4 Å². The van der Waals surface area contributed by atoms with Gasteiger partial charge in [0, 0.05) is 17.7 Å². The van der Waals surface area contributed by atoms with Crippen molar-refractivity contribution in [3.63, 3.8) is 0 Å². The second kappa shape index (κ2) is 4.64. The molecule has 1 heterocycles. The number of nitrogens with zero attached hydrogens (tertiary/aromatic N) is 2. The van der Waals surface area contributed by atoms with Gasteiger partial charge in [0.2, 0.25) is 0 Å². The maximum Gasteiger partial charge on any atom is 0.116 e. The first-order valence-corrected chi connectivity index (χ1v) is 7.77. The molecule has 1 aliphatic rings. The average Bonchev–Trinajstić information content (AvgIpc) is 2.68. The minimum Gasteiger partial charge on any atom is -0.244 e. The third-order valence-corrected chi connectivity index (χ3v) is 4.73. The Balaban J connectivity index is 2.18. The van der Waals surface area contributed by atoms with Crippen LogP contribution in [0.3, 0.4) is 0 Å². The van der Waals surface area contributed by atoms with Crippen LogP contribution in [0.4, 0.5) is 0 Å². The van der Waals surface area contributed by atoms with E-state index in [9.17, 15) is 0 Å². The highest BCUT2D eigenvalue weighted by atomic mass is 32.2. The molecule has 3 rings (SSSR count). The average molecular weight is 270 g/mol. The van der Waals surface area contributed by atoms with Crippen LogP contribution in [-0.4, -0.2) is 16.2 Å². The Bertz CT molecular complexity index is 607. The van der Waals surface area contributed by atoms with E-state index in [1.807, 2.05) is 6.20 Å². The minimum absolute atomic E-state index is 0.221. The van der Waals surface area contributed by atoms with E-state index >= 15 is 0 Å². The quantitative estimate of drug-likeness (QED) is 0.611. The van der Waals surface area contributed by atoms with Crippen molar-refractivity contribution in [3.8, 4) is 0 Å². The first-order valence-electron chi connectivity index (χ1n) is 6.55. The summed E-state index contributed by atoms with van der Waals surface area (Å²) in [4.78, 5) is 8.68. The van der Waals surface area contributed by atoms with Crippen LogP contribution in [0.5, 0.6) is 0 Å². The number of rotatable bonds is 2. The smallest absolute Gasteiger partial charge is 0.116 e. The molecule has 0 spiro atoms. The van der Waals surface area contributed by atoms with E-state index in [0.29, 0.717) is 5.92 Å². The number of benzene rings is 1. The van der Waals surface area contributed by atoms with Crippen molar-refractivity contribution < 1.29 is 0 Å². The minimum atomic E-state index is 0.221. The summed E-state index contributed by atoms with van der Waals surface area (Å²) < 4.78 is 0. The molecule has 2 nitrogen and oxygen atoms in total. The molecule has 0 saturated heterocycles. The third-order valence-electron chi connectivity index (χ3n) is 4.00. The molecule has 1 aromatic heterocycles. The summed E-state index contributed by atoms with van der Waals surface area (Å²) in [6, 6.07) is 8.77. The largest absolute Gasteiger partial charge is 0.244 e. The standard InChI is InChI=1S/C16H18N2S/c1-16(2)8-11-6-4-5-7-12(11)14(16)13-9-17-10-18-15(13)19-3/h4-7,9-10,14H,8H2,1-3H3. The highest BCUT2D eigenvalue weighted by Gasteiger charge is 2.40. The molecule has 0 amide bonds. The summed E-state index contributed by atoms with van der Waals surface area (Å²) in [6.45, 7) is 4.68. The molecule has 2 aromatic rings. The Labute approximate surface area is 118 Å². The lowest BCUT2D eigenvalue weighted by atomic mass is 9.76. The maximum absolute atomic E-state index is 4.43. The van der Waals surface area contributed by atoms with Crippen molar-refractivity contribution in [2.45, 2.75) is 31.2 Å². The van der Waals surface area contributed by atoms with E-state index in [2.05, 4.69) is 54.3 Å². The van der Waals surface area contributed by atoms with Crippen LogP contribution < -0.4 is 0 Å². The van der Waals surface area contributed by atoms with E-state index in [1.165, 1.54) is 16.7 Å². The van der Waals surface area contributed by atoms with Crippen molar-refractivity contribution in [2.75, 3.05) is 6.26 Å². The van der Waals surface area contributed by atoms with Crippen molar-refractivity contribution in [2.24, 2.45) is 5.41 Å². The SMILES string of the molecule is CSc1ncncc1C1c2ccccc2CC1(C)C. The molecule has 98 valence electrons. The molecule has 19 heavy (non-hydrogen) atoms. The number of hydrogen-bond acceptors (Lipinski definition) is 3. The summed E-state index contributed by atoms with van der Waals surface area (Å²) in [5, 5.41) is 1.10. The monoisotopic (exact) mass is 270 g/mol. The van der Waals surface area contributed by atoms with Gasteiger partial charge in [-0.05, 0) is 29.2 Å². The van der Waals surface area contributed by atoms with Crippen LogP contribution in [0.25, 0.3) is 0 Å². The van der Waals surface area contributed by atoms with Gasteiger partial charge in [-0.3, -0.25) is 0 Å². The van der Waals surface area contributed by atoms with Crippen LogP contribution in [0.2, 0.25) is 0 Å². The Hall–Kier alpha value is -1.35. The fraction of sp³-hybridized carbons (Fsp3) is 0.375. The predicted octanol–water partition coefficient (Wildman–Crippen LogP) is 3.91. The van der Waals surface area contributed by atoms with Crippen molar-refractivity contribution >= 4 is 11.8 Å². The van der Waals surface area contributed by atoms with Crippen molar-refractivity contribution in [1.29, 1.82) is 0 Å². The lowest BCUT2D eigenvalue weighted by Crippen LogP contribution is -2.20. The molecule has 1 atom stereocenters. The number of aromatic nitrogens is 2. The van der Waals surface area contributed by atoms with Crippen LogP contribution >= 0.6 is 11.8 Å². The normalized spacial score (nSPS) is 20.3. The van der Waals surface area contributed by atoms with E-state index in [-0.39, 0.29) is 5.41 Å². The van der Waals surface area contributed by atoms with Gasteiger partial charge in [-0.1, -0.05) is 38.1 Å². The molecule has 0 radical (unpaired) electrons. The Morgan fingerprint density at radius 2 is 2.00 bits per heavy atom. The first kappa shape index (κ1) is 12.7. The number of hydrogen-bond donors (Lipinski definition) is 0. The lowest BCUT2D eigenvalue weighted by Gasteiger charge is -2.28. The Morgan fingerprint density at radius 1 is 1.21 bits per heavy atom. The van der Waals surface area contributed by atoms with Crippen LogP contribution in [0.15, 0.2) is 41.8 Å². The summed E-state index contributed by atoms with van der Waals surface area (Å²) >= 11 is 1.71. The molecule has 0 aliphatic heterocycles. The Morgan fingerprint density at radius 3 is 2.79 bits per heavy atom. The predicted molar refractivity (Wildman–Crippen MR) is 79.6 cm³/mol. The molecule has 3 heteroatoms. The van der Waals surface area contributed by atoms with Crippen molar-refractivity contribution in [1.82, 2.24) is 9.97 Å². The lowest BCUT2D eigenvalue weighted by molar-refractivity contribution is 0.342. The third kappa shape index (κ3) is 2.06. The number of thioether (sulfide) groups is 1. The second-order valence-electron chi connectivity index (χ2n) is 5.78. The van der Waals surface area contributed by atoms with Gasteiger partial charge in [0.25, 0.3) is 0 Å². The first-order chi connectivity index (χ1) is 9.13. The molecule has 0 bridgehead atoms. The van der Waals surface area contributed by atoms with Gasteiger partial charge in [0.05, 0.1) is 0 Å².